The number of ether oxygens (including phenoxy) is 2. The van der Waals surface area contributed by atoms with Gasteiger partial charge in [0.05, 0.1) is 25.5 Å². The van der Waals surface area contributed by atoms with E-state index in [1.807, 2.05) is 18.2 Å². The Morgan fingerprint density at radius 2 is 1.85 bits per heavy atom. The number of aliphatic carboxylic acids is 1. The summed E-state index contributed by atoms with van der Waals surface area (Å²) in [6.45, 7) is 11.1. The van der Waals surface area contributed by atoms with Crippen molar-refractivity contribution >= 4 is 35.6 Å². The Morgan fingerprint density at radius 3 is 2.46 bits per heavy atom. The van der Waals surface area contributed by atoms with E-state index < -0.39 is 5.97 Å². The van der Waals surface area contributed by atoms with Gasteiger partial charge in [-0.1, -0.05) is 38.0 Å². The lowest BCUT2D eigenvalue weighted by molar-refractivity contribution is -0.137. The minimum atomic E-state index is -0.856. The zero-order valence-corrected chi connectivity index (χ0v) is 26.6. The fourth-order valence-electron chi connectivity index (χ4n) is 3.13. The topological polar surface area (TPSA) is 224 Å². The van der Waals surface area contributed by atoms with Crippen molar-refractivity contribution in [2.45, 2.75) is 39.5 Å². The van der Waals surface area contributed by atoms with Gasteiger partial charge in [0.1, 0.15) is 12.3 Å². The van der Waals surface area contributed by atoms with Gasteiger partial charge in [-0.05, 0) is 49.6 Å². The van der Waals surface area contributed by atoms with Crippen LogP contribution in [0.4, 0.5) is 17.3 Å². The van der Waals surface area contributed by atoms with Gasteiger partial charge in [-0.15, -0.1) is 6.42 Å². The van der Waals surface area contributed by atoms with Crippen molar-refractivity contribution in [1.29, 1.82) is 0 Å². The highest BCUT2D eigenvalue weighted by molar-refractivity contribution is 5.94. The van der Waals surface area contributed by atoms with Crippen molar-refractivity contribution < 1.29 is 29.0 Å². The molecular formula is C32H47N7O7. The van der Waals surface area contributed by atoms with Crippen LogP contribution in [0.5, 0.6) is 0 Å². The summed E-state index contributed by atoms with van der Waals surface area (Å²) in [5.41, 5.74) is 13.2. The lowest BCUT2D eigenvalue weighted by atomic mass is 10.1. The van der Waals surface area contributed by atoms with Gasteiger partial charge in [-0.2, -0.15) is 0 Å². The highest BCUT2D eigenvalue weighted by atomic mass is 16.5. The molecule has 0 radical (unpaired) electrons. The molecule has 1 aromatic heterocycles. The summed E-state index contributed by atoms with van der Waals surface area (Å²) in [4.78, 5) is 48.8. The van der Waals surface area contributed by atoms with E-state index in [0.29, 0.717) is 70.2 Å². The van der Waals surface area contributed by atoms with Gasteiger partial charge in [0.15, 0.2) is 0 Å². The number of unbranched alkanes of at least 4 members (excludes halogenated alkanes) is 1. The van der Waals surface area contributed by atoms with Crippen LogP contribution in [0, 0.1) is 19.3 Å². The zero-order chi connectivity index (χ0) is 34.6. The monoisotopic (exact) mass is 641 g/mol. The van der Waals surface area contributed by atoms with Crippen LogP contribution in [0.1, 0.15) is 48.7 Å². The minimum absolute atomic E-state index is 0.0553. The number of aromatic amines is 1. The van der Waals surface area contributed by atoms with Crippen molar-refractivity contribution in [2.75, 3.05) is 62.8 Å². The summed E-state index contributed by atoms with van der Waals surface area (Å²) in [5, 5.41) is 17.0. The molecule has 0 aliphatic carbocycles. The molecule has 2 rings (SSSR count). The van der Waals surface area contributed by atoms with Crippen molar-refractivity contribution in [3.63, 3.8) is 0 Å². The number of rotatable bonds is 19. The Balaban J connectivity index is 0.000000761. The number of carbonyl (C=O) groups is 3. The second-order valence-electron chi connectivity index (χ2n) is 9.42. The Bertz CT molecular complexity index is 1320. The predicted octanol–water partition coefficient (Wildman–Crippen LogP) is 2.25. The van der Waals surface area contributed by atoms with E-state index >= 15 is 0 Å². The largest absolute Gasteiger partial charge is 0.481 e. The number of nitrogens with zero attached hydrogens (tertiary/aromatic N) is 1. The van der Waals surface area contributed by atoms with E-state index in [1.165, 1.54) is 0 Å². The molecule has 9 N–H and O–H groups in total. The summed E-state index contributed by atoms with van der Waals surface area (Å²) in [6.07, 6.45) is 12.4. The Labute approximate surface area is 270 Å². The summed E-state index contributed by atoms with van der Waals surface area (Å²) in [7, 11) is 0. The number of carboxylic acids is 1. The Morgan fingerprint density at radius 1 is 1.15 bits per heavy atom. The highest BCUT2D eigenvalue weighted by Gasteiger charge is 2.05. The number of amides is 2. The molecule has 252 valence electrons. The molecule has 0 aliphatic rings. The van der Waals surface area contributed by atoms with Crippen molar-refractivity contribution in [3.8, 4) is 12.3 Å². The van der Waals surface area contributed by atoms with E-state index in [1.54, 1.807) is 19.1 Å². The molecule has 2 amide bonds. The number of nitrogens with one attached hydrogen (secondary N) is 4. The van der Waals surface area contributed by atoms with Crippen LogP contribution in [0.3, 0.4) is 0 Å². The molecule has 1 heterocycles. The quantitative estimate of drug-likeness (QED) is 0.0510. The molecule has 0 saturated heterocycles. The molecule has 1 aromatic carbocycles. The third-order valence-corrected chi connectivity index (χ3v) is 5.52. The van der Waals surface area contributed by atoms with E-state index in [2.05, 4.69) is 51.4 Å². The van der Waals surface area contributed by atoms with Gasteiger partial charge in [-0.25, -0.2) is 4.98 Å². The first-order valence-corrected chi connectivity index (χ1v) is 14.6. The van der Waals surface area contributed by atoms with E-state index in [0.717, 1.165) is 24.1 Å². The fraction of sp³-hybridized carbons (Fsp3) is 0.406. The fourth-order valence-corrected chi connectivity index (χ4v) is 3.13. The summed E-state index contributed by atoms with van der Waals surface area (Å²) < 4.78 is 10.0. The lowest BCUT2D eigenvalue weighted by Gasteiger charge is -2.08. The first kappa shape index (κ1) is 40.9. The van der Waals surface area contributed by atoms with Crippen LogP contribution in [0.25, 0.3) is 0 Å². The van der Waals surface area contributed by atoms with Crippen LogP contribution < -0.4 is 33.0 Å². The van der Waals surface area contributed by atoms with Gasteiger partial charge < -0.3 is 42.0 Å². The standard InChI is InChI=1S/C19H26N2O3.C8H13NO3.C5H8N4O/c1-3-4-5-7-15(2)14-21-17-11-9-16(10-12-17)19(24)20-13-6-8-18(22)23;1-2-4-11-6-7-12-5-3-9-8-10;1-2-3(6)4(10)9-5(7)8-2/h5,7,9-12,21H,2-4,6,8,13-14H2,1H3,(H,20,24)(H,22,23);1,8H,3-7H2,(H,9,10);6H2,1H3,(H3,7,8,9,10)/b7-5+;;. The first-order valence-electron chi connectivity index (χ1n) is 14.6. The lowest BCUT2D eigenvalue weighted by Crippen LogP contribution is -2.24. The molecule has 0 saturated carbocycles. The number of carbonyl (C=O) groups excluding carboxylic acids is 2. The number of benzene rings is 1. The molecule has 0 fully saturated rings. The van der Waals surface area contributed by atoms with Crippen molar-refractivity contribution in [1.82, 2.24) is 20.6 Å². The number of terminal acetylenes is 1. The summed E-state index contributed by atoms with van der Waals surface area (Å²) in [6, 6.07) is 7.17. The van der Waals surface area contributed by atoms with Crippen LogP contribution in [0.15, 0.2) is 53.4 Å². The molecule has 0 spiro atoms. The number of carboxylic acid groups (broad SMARTS) is 1. The normalized spacial score (nSPS) is 9.93. The van der Waals surface area contributed by atoms with Crippen LogP contribution in [-0.2, 0) is 19.1 Å². The van der Waals surface area contributed by atoms with Gasteiger partial charge in [-0.3, -0.25) is 24.2 Å². The maximum absolute atomic E-state index is 11.9. The molecule has 0 atom stereocenters. The number of hydrogen-bond donors (Lipinski definition) is 7. The molecule has 0 unspecified atom stereocenters. The number of aryl methyl sites for hydroxylation is 1. The number of H-pyrrole nitrogens is 1. The van der Waals surface area contributed by atoms with E-state index in [9.17, 15) is 19.2 Å². The maximum Gasteiger partial charge on any atom is 0.303 e. The first-order chi connectivity index (χ1) is 22.0. The molecule has 0 bridgehead atoms. The molecule has 46 heavy (non-hydrogen) atoms. The summed E-state index contributed by atoms with van der Waals surface area (Å²) in [5.74, 6) is 1.39. The van der Waals surface area contributed by atoms with Crippen molar-refractivity contribution in [3.05, 3.63) is 70.2 Å². The van der Waals surface area contributed by atoms with Gasteiger partial charge in [0, 0.05) is 37.3 Å². The third-order valence-electron chi connectivity index (χ3n) is 5.52. The second kappa shape index (κ2) is 26.3. The van der Waals surface area contributed by atoms with E-state index in [-0.39, 0.29) is 29.5 Å². The summed E-state index contributed by atoms with van der Waals surface area (Å²) >= 11 is 0. The number of aromatic nitrogens is 2. The third kappa shape index (κ3) is 21.5. The number of nitrogens with two attached hydrogens (primary N) is 2. The van der Waals surface area contributed by atoms with Gasteiger partial charge in [0.2, 0.25) is 12.4 Å². The van der Waals surface area contributed by atoms with Crippen LogP contribution >= 0.6 is 0 Å². The van der Waals surface area contributed by atoms with Gasteiger partial charge in [0.25, 0.3) is 11.5 Å². The second-order valence-corrected chi connectivity index (χ2v) is 9.42. The SMILES string of the molecule is C#CCOCCOCCNC=O.C=C(/C=C/CCC)CNc1ccc(C(=O)NCCCC(=O)O)cc1.Cc1nc(N)[nH]c(=O)c1N. The van der Waals surface area contributed by atoms with Crippen molar-refractivity contribution in [2.24, 2.45) is 0 Å². The predicted molar refractivity (Wildman–Crippen MR) is 180 cm³/mol. The average Bonchev–Trinajstić information content (AvgIpc) is 3.03. The molecule has 2 aromatic rings. The van der Waals surface area contributed by atoms with Gasteiger partial charge >= 0.3 is 5.97 Å². The maximum atomic E-state index is 11.9. The van der Waals surface area contributed by atoms with Crippen LogP contribution in [0.2, 0.25) is 0 Å². The Hall–Kier alpha value is -5.13. The van der Waals surface area contributed by atoms with E-state index in [4.69, 9.17) is 32.5 Å². The molecule has 0 aliphatic heterocycles. The molecular weight excluding hydrogens is 594 g/mol. The highest BCUT2D eigenvalue weighted by Crippen LogP contribution is 2.10. The molecule has 14 heteroatoms. The Kier molecular flexibility index (Phi) is 23.4. The molecule has 14 nitrogen and oxygen atoms in total. The number of hydrogen-bond acceptors (Lipinski definition) is 10. The smallest absolute Gasteiger partial charge is 0.303 e. The average molecular weight is 642 g/mol. The minimum Gasteiger partial charge on any atom is -0.481 e. The number of anilines is 3. The number of nitrogen functional groups attached to an aromatic ring is 2. The zero-order valence-electron chi connectivity index (χ0n) is 26.6. The van der Waals surface area contributed by atoms with Crippen LogP contribution in [-0.4, -0.2) is 79.4 Å². The number of allylic oxidation sites excluding steroid dienone is 1.